The van der Waals surface area contributed by atoms with E-state index in [0.29, 0.717) is 0 Å². The Morgan fingerprint density at radius 1 is 1.90 bits per heavy atom. The van der Waals surface area contributed by atoms with E-state index >= 15 is 0 Å². The molecule has 0 bridgehead atoms. The molecule has 10 heavy (non-hydrogen) atoms. The van der Waals surface area contributed by atoms with Crippen LogP contribution in [0.1, 0.15) is 19.8 Å². The van der Waals surface area contributed by atoms with E-state index in [1.54, 1.807) is 7.98 Å². The summed E-state index contributed by atoms with van der Waals surface area (Å²) >= 11 is 0. The molecule has 3 N–H and O–H groups in total. The van der Waals surface area contributed by atoms with E-state index in [9.17, 15) is 4.91 Å². The van der Waals surface area contributed by atoms with Crippen LogP contribution in [0.3, 0.4) is 0 Å². The van der Waals surface area contributed by atoms with Gasteiger partial charge in [0.05, 0.1) is 5.29 Å². The fourth-order valence-corrected chi connectivity index (χ4v) is 0.685. The molecule has 0 aromatic rings. The van der Waals surface area contributed by atoms with Crippen LogP contribution in [0, 0.1) is 4.91 Å². The van der Waals surface area contributed by atoms with Crippen LogP contribution < -0.4 is 11.1 Å². The van der Waals surface area contributed by atoms with Crippen molar-refractivity contribution in [3.63, 3.8) is 0 Å². The minimum Gasteiger partial charge on any atom is -0.309 e. The zero-order chi connectivity index (χ0) is 7.98. The van der Waals surface area contributed by atoms with E-state index in [1.807, 2.05) is 6.92 Å². The van der Waals surface area contributed by atoms with Crippen LogP contribution in [0.4, 0.5) is 0 Å². The predicted octanol–water partition coefficient (Wildman–Crippen LogP) is -0.893. The minimum atomic E-state index is -0.313. The van der Waals surface area contributed by atoms with Crippen LogP contribution in [-0.2, 0) is 0 Å². The number of nitrogens with one attached hydrogen (secondary N) is 1. The molecule has 0 aliphatic heterocycles. The van der Waals surface area contributed by atoms with Gasteiger partial charge in [0.15, 0.2) is 0 Å². The van der Waals surface area contributed by atoms with Crippen molar-refractivity contribution in [2.75, 3.05) is 0 Å². The molecule has 0 saturated carbocycles. The van der Waals surface area contributed by atoms with Gasteiger partial charge in [-0.05, 0) is 6.42 Å². The second kappa shape index (κ2) is 5.19. The molecule has 58 valence electrons. The Morgan fingerprint density at radius 3 is 2.80 bits per heavy atom. The molecule has 0 radical (unpaired) electrons. The molecule has 0 aliphatic carbocycles. The van der Waals surface area contributed by atoms with Crippen molar-refractivity contribution in [3.8, 4) is 0 Å². The van der Waals surface area contributed by atoms with Crippen molar-refractivity contribution >= 4 is 7.98 Å². The summed E-state index contributed by atoms with van der Waals surface area (Å²) < 4.78 is 0. The molecular formula is C4H13BN4O. The number of hydrazine groups is 1. The van der Waals surface area contributed by atoms with Gasteiger partial charge in [-0.25, -0.2) is 0 Å². The number of rotatable bonds is 5. The highest BCUT2D eigenvalue weighted by Gasteiger charge is 2.08. The Kier molecular flexibility index (Phi) is 4.87. The van der Waals surface area contributed by atoms with Crippen molar-refractivity contribution in [2.45, 2.75) is 25.9 Å². The fourth-order valence-electron chi connectivity index (χ4n) is 0.685. The van der Waals surface area contributed by atoms with Gasteiger partial charge in [-0.3, -0.25) is 5.34 Å². The maximum absolute atomic E-state index is 9.99. The first kappa shape index (κ1) is 9.38. The number of nitrogens with two attached hydrogens (primary N) is 1. The first-order valence-electron chi connectivity index (χ1n) is 3.31. The zero-order valence-electron chi connectivity index (χ0n) is 6.37. The first-order chi connectivity index (χ1) is 4.76. The summed E-state index contributed by atoms with van der Waals surface area (Å²) in [4.78, 5) is 9.99. The molecule has 0 aromatic carbocycles. The number of nitrogens with zero attached hydrogens (tertiary/aromatic N) is 2. The monoisotopic (exact) mass is 144 g/mol. The SMILES string of the molecule is BNN(N=O)C(N)CCC. The highest BCUT2D eigenvalue weighted by molar-refractivity contribution is 6.03. The Balaban J connectivity index is 3.63. The van der Waals surface area contributed by atoms with Gasteiger partial charge in [0.2, 0.25) is 7.98 Å². The second-order valence-corrected chi connectivity index (χ2v) is 2.01. The fraction of sp³-hybridized carbons (Fsp3) is 1.00. The summed E-state index contributed by atoms with van der Waals surface area (Å²) in [6.07, 6.45) is 1.38. The smallest absolute Gasteiger partial charge is 0.210 e. The van der Waals surface area contributed by atoms with Crippen molar-refractivity contribution in [3.05, 3.63) is 4.91 Å². The summed E-state index contributed by atoms with van der Waals surface area (Å²) in [7, 11) is 1.61. The van der Waals surface area contributed by atoms with E-state index in [0.717, 1.165) is 18.0 Å². The molecule has 5 nitrogen and oxygen atoms in total. The molecule has 0 spiro atoms. The molecule has 0 heterocycles. The lowest BCUT2D eigenvalue weighted by Gasteiger charge is -2.20. The van der Waals surface area contributed by atoms with E-state index < -0.39 is 0 Å². The van der Waals surface area contributed by atoms with E-state index in [2.05, 4.69) is 10.6 Å². The summed E-state index contributed by atoms with van der Waals surface area (Å²) in [5.74, 6) is 0. The summed E-state index contributed by atoms with van der Waals surface area (Å²) in [6, 6.07) is 0. The van der Waals surface area contributed by atoms with Crippen LogP contribution in [0.5, 0.6) is 0 Å². The van der Waals surface area contributed by atoms with Crippen LogP contribution in [0.15, 0.2) is 5.29 Å². The maximum Gasteiger partial charge on any atom is 0.210 e. The van der Waals surface area contributed by atoms with E-state index in [1.165, 1.54) is 0 Å². The number of hydrogen-bond donors (Lipinski definition) is 2. The Bertz CT molecular complexity index is 101. The highest BCUT2D eigenvalue weighted by atomic mass is 16.3. The third kappa shape index (κ3) is 2.79. The van der Waals surface area contributed by atoms with Gasteiger partial charge in [-0.15, -0.1) is 4.91 Å². The number of hydrogen-bond acceptors (Lipinski definition) is 4. The minimum absolute atomic E-state index is 0.313. The maximum atomic E-state index is 9.99. The molecule has 0 saturated heterocycles. The Morgan fingerprint density at radius 2 is 2.50 bits per heavy atom. The Labute approximate surface area is 61.3 Å². The summed E-state index contributed by atoms with van der Waals surface area (Å²) in [5.41, 5.74) is 5.52. The lowest BCUT2D eigenvalue weighted by molar-refractivity contribution is 0.167. The van der Waals surface area contributed by atoms with Gasteiger partial charge in [0.1, 0.15) is 6.17 Å². The number of nitroso groups, excluding NO2 is 1. The van der Waals surface area contributed by atoms with Crippen LogP contribution in [0.2, 0.25) is 0 Å². The van der Waals surface area contributed by atoms with Crippen LogP contribution >= 0.6 is 0 Å². The predicted molar refractivity (Wildman–Crippen MR) is 42.2 cm³/mol. The molecule has 0 rings (SSSR count). The average Bonchev–Trinajstić information content (AvgIpc) is 1.91. The Hall–Kier alpha value is -0.615. The van der Waals surface area contributed by atoms with Crippen molar-refractivity contribution in [2.24, 2.45) is 11.0 Å². The molecule has 1 atom stereocenters. The average molecular weight is 144 g/mol. The lowest BCUT2D eigenvalue weighted by atomic mass is 10.3. The molecule has 0 aromatic heterocycles. The van der Waals surface area contributed by atoms with Gasteiger partial charge in [0, 0.05) is 0 Å². The molecule has 0 fully saturated rings. The van der Waals surface area contributed by atoms with Gasteiger partial charge >= 0.3 is 0 Å². The topological polar surface area (TPSA) is 70.7 Å². The standard InChI is InChI=1S/C4H13BN4O/c1-2-3-4(6)9(7-5)8-10/h4,7H,2-3,5-6H2,1H3. The molecule has 0 aliphatic rings. The third-order valence-electron chi connectivity index (χ3n) is 1.22. The summed E-state index contributed by atoms with van der Waals surface area (Å²) in [5, 5.41) is 6.34. The van der Waals surface area contributed by atoms with Crippen LogP contribution in [-0.4, -0.2) is 19.3 Å². The van der Waals surface area contributed by atoms with E-state index in [-0.39, 0.29) is 6.17 Å². The van der Waals surface area contributed by atoms with E-state index in [4.69, 9.17) is 5.73 Å². The molecule has 1 unspecified atom stereocenters. The third-order valence-corrected chi connectivity index (χ3v) is 1.22. The molecule has 0 amide bonds. The van der Waals surface area contributed by atoms with Crippen molar-refractivity contribution in [1.29, 1.82) is 0 Å². The first-order valence-corrected chi connectivity index (χ1v) is 3.31. The molecule has 6 heteroatoms. The van der Waals surface area contributed by atoms with Gasteiger partial charge in [0.25, 0.3) is 0 Å². The highest BCUT2D eigenvalue weighted by Crippen LogP contribution is 1.96. The van der Waals surface area contributed by atoms with Gasteiger partial charge in [-0.1, -0.05) is 13.3 Å². The zero-order valence-corrected chi connectivity index (χ0v) is 6.37. The normalized spacial score (nSPS) is 12.6. The lowest BCUT2D eigenvalue weighted by Crippen LogP contribution is -2.45. The second-order valence-electron chi connectivity index (χ2n) is 2.01. The van der Waals surface area contributed by atoms with Gasteiger partial charge < -0.3 is 5.73 Å². The largest absolute Gasteiger partial charge is 0.309 e. The van der Waals surface area contributed by atoms with Crippen LogP contribution in [0.25, 0.3) is 0 Å². The molecular weight excluding hydrogens is 131 g/mol. The van der Waals surface area contributed by atoms with Crippen molar-refractivity contribution < 1.29 is 0 Å². The van der Waals surface area contributed by atoms with Crippen molar-refractivity contribution in [1.82, 2.24) is 10.5 Å². The van der Waals surface area contributed by atoms with Gasteiger partial charge in [-0.2, -0.15) is 5.12 Å². The summed E-state index contributed by atoms with van der Waals surface area (Å²) in [6.45, 7) is 2.00. The quantitative estimate of drug-likeness (QED) is 0.227.